The smallest absolute Gasteiger partial charge is 0.166 e. The van der Waals surface area contributed by atoms with Gasteiger partial charge in [0.25, 0.3) is 0 Å². The molecular weight excluding hydrogens is 282 g/mol. The van der Waals surface area contributed by atoms with Gasteiger partial charge in [-0.3, -0.25) is 0 Å². The first-order chi connectivity index (χ1) is 8.29. The van der Waals surface area contributed by atoms with E-state index in [1.165, 1.54) is 0 Å². The van der Waals surface area contributed by atoms with E-state index >= 15 is 0 Å². The lowest BCUT2D eigenvalue weighted by Gasteiger charge is -2.20. The van der Waals surface area contributed by atoms with Crippen molar-refractivity contribution < 1.29 is 26.3 Å². The van der Waals surface area contributed by atoms with Gasteiger partial charge in [0.15, 0.2) is 0 Å². The summed E-state index contributed by atoms with van der Waals surface area (Å²) in [6.45, 7) is 5.25. The molecule has 0 atom stereocenters. The zero-order chi connectivity index (χ0) is 15.1. The van der Waals surface area contributed by atoms with Gasteiger partial charge in [0, 0.05) is 0 Å². The highest BCUT2D eigenvalue weighted by molar-refractivity contribution is 5.34. The summed E-state index contributed by atoms with van der Waals surface area (Å²) in [5, 5.41) is 0. The molecule has 0 spiro atoms. The summed E-state index contributed by atoms with van der Waals surface area (Å²) in [5.41, 5.74) is -2.88. The van der Waals surface area contributed by atoms with E-state index in [9.17, 15) is 26.3 Å². The van der Waals surface area contributed by atoms with Crippen molar-refractivity contribution in [1.82, 2.24) is 0 Å². The van der Waals surface area contributed by atoms with Gasteiger partial charge in [-0.1, -0.05) is 28.2 Å². The molecule has 0 unspecified atom stereocenters. The third-order valence-corrected chi connectivity index (χ3v) is 2.38. The quantitative estimate of drug-likeness (QED) is 0.562. The van der Waals surface area contributed by atoms with Crippen molar-refractivity contribution in [3.63, 3.8) is 0 Å². The maximum absolute atomic E-state index is 12.6. The van der Waals surface area contributed by atoms with Crippen LogP contribution in [0.15, 0.2) is 18.2 Å². The van der Waals surface area contributed by atoms with Crippen molar-refractivity contribution in [3.8, 4) is 0 Å². The van der Waals surface area contributed by atoms with Gasteiger partial charge in [-0.05, 0) is 35.6 Å². The highest BCUT2D eigenvalue weighted by Crippen LogP contribution is 2.37. The van der Waals surface area contributed by atoms with Crippen LogP contribution in [0.2, 0.25) is 0 Å². The molecule has 1 aromatic carbocycles. The van der Waals surface area contributed by atoms with Crippen LogP contribution in [0.4, 0.5) is 26.3 Å². The molecule has 0 heterocycles. The summed E-state index contributed by atoms with van der Waals surface area (Å²) in [6.07, 6.45) is -9.43. The van der Waals surface area contributed by atoms with Crippen LogP contribution in [0.1, 0.15) is 44.9 Å². The first-order valence-corrected chi connectivity index (χ1v) is 5.57. The van der Waals surface area contributed by atoms with E-state index in [2.05, 4.69) is 0 Å². The topological polar surface area (TPSA) is 0 Å². The molecule has 0 nitrogen and oxygen atoms in total. The molecule has 0 bridgehead atoms. The number of halogens is 6. The van der Waals surface area contributed by atoms with Crippen LogP contribution < -0.4 is 0 Å². The maximum Gasteiger partial charge on any atom is 0.416 e. The third-order valence-electron chi connectivity index (χ3n) is 2.38. The molecule has 0 aliphatic heterocycles. The van der Waals surface area contributed by atoms with E-state index in [0.29, 0.717) is 0 Å². The Kier molecular flexibility index (Phi) is 5.32. The number of alkyl halides is 6. The summed E-state index contributed by atoms with van der Waals surface area (Å²) in [6, 6.07) is 1.70. The number of rotatable bonds is 1. The number of hydrogen-bond acceptors (Lipinski definition) is 0. The monoisotopic (exact) mass is 300 g/mol. The van der Waals surface area contributed by atoms with Crippen LogP contribution in [0, 0.1) is 5.41 Å². The summed E-state index contributed by atoms with van der Waals surface area (Å²) in [7, 11) is 0. The van der Waals surface area contributed by atoms with Crippen molar-refractivity contribution in [3.05, 3.63) is 34.9 Å². The second-order valence-corrected chi connectivity index (χ2v) is 5.65. The Hall–Kier alpha value is -1.20. The molecule has 6 heteroatoms. The van der Waals surface area contributed by atoms with E-state index in [-0.39, 0.29) is 25.5 Å². The van der Waals surface area contributed by atoms with E-state index in [1.807, 2.05) is 0 Å². The first-order valence-electron chi connectivity index (χ1n) is 5.57. The molecule has 0 saturated heterocycles. The molecule has 20 heavy (non-hydrogen) atoms. The van der Waals surface area contributed by atoms with Crippen LogP contribution in [0.5, 0.6) is 0 Å². The van der Waals surface area contributed by atoms with Crippen molar-refractivity contribution in [1.29, 1.82) is 0 Å². The Morgan fingerprint density at radius 2 is 1.10 bits per heavy atom. The molecule has 0 aromatic heterocycles. The lowest BCUT2D eigenvalue weighted by atomic mass is 9.87. The largest absolute Gasteiger partial charge is 0.416 e. The molecule has 0 amide bonds. The van der Waals surface area contributed by atoms with Crippen LogP contribution in [0.25, 0.3) is 0 Å². The molecule has 0 aliphatic rings. The van der Waals surface area contributed by atoms with Crippen LogP contribution in [-0.2, 0) is 18.8 Å². The zero-order valence-electron chi connectivity index (χ0n) is 10.7. The summed E-state index contributed by atoms with van der Waals surface area (Å²) in [5.74, 6) is 0. The highest BCUT2D eigenvalue weighted by atomic mass is 19.4. The van der Waals surface area contributed by atoms with Gasteiger partial charge in [0.1, 0.15) is 0 Å². The van der Waals surface area contributed by atoms with Gasteiger partial charge in [-0.25, -0.2) is 0 Å². The van der Waals surface area contributed by atoms with Crippen LogP contribution in [-0.4, -0.2) is 0 Å². The third kappa shape index (κ3) is 5.43. The van der Waals surface area contributed by atoms with E-state index < -0.39 is 28.9 Å². The Balaban J connectivity index is 0.00000361. The van der Waals surface area contributed by atoms with Crippen LogP contribution >= 0.6 is 0 Å². The van der Waals surface area contributed by atoms with Crippen LogP contribution in [0.3, 0.4) is 0 Å². The molecule has 1 rings (SSSR count). The average Bonchev–Trinajstić information content (AvgIpc) is 2.11. The SMILES string of the molecule is C.CC(C)(C)Cc1cc(C(F)(F)F)cc(C(F)(F)F)c1. The lowest BCUT2D eigenvalue weighted by Crippen LogP contribution is -2.15. The van der Waals surface area contributed by atoms with E-state index in [0.717, 1.165) is 12.1 Å². The summed E-state index contributed by atoms with van der Waals surface area (Å²) in [4.78, 5) is 0. The van der Waals surface area contributed by atoms with Gasteiger partial charge in [-0.15, -0.1) is 0 Å². The van der Waals surface area contributed by atoms with Crippen molar-refractivity contribution in [2.24, 2.45) is 5.41 Å². The van der Waals surface area contributed by atoms with Crippen molar-refractivity contribution >= 4 is 0 Å². The molecule has 116 valence electrons. The molecule has 0 fully saturated rings. The minimum Gasteiger partial charge on any atom is -0.166 e. The Morgan fingerprint density at radius 1 is 0.750 bits per heavy atom. The molecule has 0 N–H and O–H groups in total. The number of hydrogen-bond donors (Lipinski definition) is 0. The predicted molar refractivity (Wildman–Crippen MR) is 66.3 cm³/mol. The molecule has 0 aliphatic carbocycles. The fraction of sp³-hybridized carbons (Fsp3) is 0.571. The van der Waals surface area contributed by atoms with Crippen molar-refractivity contribution in [2.45, 2.75) is 47.0 Å². The Labute approximate surface area is 114 Å². The summed E-state index contributed by atoms with van der Waals surface area (Å²) < 4.78 is 75.6. The lowest BCUT2D eigenvalue weighted by molar-refractivity contribution is -0.143. The Bertz CT molecular complexity index is 416. The van der Waals surface area contributed by atoms with Gasteiger partial charge in [-0.2, -0.15) is 26.3 Å². The van der Waals surface area contributed by atoms with E-state index in [4.69, 9.17) is 0 Å². The minimum atomic E-state index is -4.78. The molecule has 0 saturated carbocycles. The highest BCUT2D eigenvalue weighted by Gasteiger charge is 2.37. The molecule has 0 radical (unpaired) electrons. The fourth-order valence-electron chi connectivity index (χ4n) is 1.73. The van der Waals surface area contributed by atoms with Gasteiger partial charge in [0.05, 0.1) is 11.1 Å². The molecular formula is C14H18F6. The molecule has 1 aromatic rings. The second-order valence-electron chi connectivity index (χ2n) is 5.65. The number of benzene rings is 1. The normalized spacial score (nSPS) is 13.1. The fourth-order valence-corrected chi connectivity index (χ4v) is 1.73. The van der Waals surface area contributed by atoms with Crippen molar-refractivity contribution in [2.75, 3.05) is 0 Å². The second kappa shape index (κ2) is 5.66. The zero-order valence-corrected chi connectivity index (χ0v) is 10.7. The van der Waals surface area contributed by atoms with Gasteiger partial charge < -0.3 is 0 Å². The standard InChI is InChI=1S/C13H14F6.CH4/c1-11(2,3)7-8-4-9(12(14,15)16)6-10(5-8)13(17,18)19;/h4-6H,7H2,1-3H3;1H4. The Morgan fingerprint density at radius 3 is 1.35 bits per heavy atom. The average molecular weight is 300 g/mol. The maximum atomic E-state index is 12.6. The minimum absolute atomic E-state index is 0. The predicted octanol–water partition coefficient (Wildman–Crippen LogP) is 5.95. The van der Waals surface area contributed by atoms with E-state index in [1.54, 1.807) is 20.8 Å². The van der Waals surface area contributed by atoms with Gasteiger partial charge in [0.2, 0.25) is 0 Å². The summed E-state index contributed by atoms with van der Waals surface area (Å²) >= 11 is 0. The first kappa shape index (κ1) is 18.8. The van der Waals surface area contributed by atoms with Gasteiger partial charge >= 0.3 is 12.4 Å².